The zero-order chi connectivity index (χ0) is 12.5. The van der Waals surface area contributed by atoms with E-state index in [1.54, 1.807) is 6.20 Å². The van der Waals surface area contributed by atoms with E-state index in [9.17, 15) is 0 Å². The maximum atomic E-state index is 4.65. The SMILES string of the molecule is CNc1nc(-c2ncccc2Br)nc2c1CCC2. The van der Waals surface area contributed by atoms with Gasteiger partial charge < -0.3 is 5.32 Å². The topological polar surface area (TPSA) is 50.7 Å². The molecule has 0 aromatic carbocycles. The minimum absolute atomic E-state index is 0.687. The molecule has 2 aromatic rings. The van der Waals surface area contributed by atoms with Gasteiger partial charge in [0.2, 0.25) is 0 Å². The molecule has 18 heavy (non-hydrogen) atoms. The third-order valence-electron chi connectivity index (χ3n) is 3.14. The van der Waals surface area contributed by atoms with Gasteiger partial charge in [0.25, 0.3) is 0 Å². The van der Waals surface area contributed by atoms with E-state index in [-0.39, 0.29) is 0 Å². The fraction of sp³-hybridized carbons (Fsp3) is 0.308. The number of rotatable bonds is 2. The predicted molar refractivity (Wildman–Crippen MR) is 74.5 cm³/mol. The van der Waals surface area contributed by atoms with Gasteiger partial charge in [0.15, 0.2) is 5.82 Å². The van der Waals surface area contributed by atoms with Crippen molar-refractivity contribution in [1.82, 2.24) is 15.0 Å². The second kappa shape index (κ2) is 4.65. The molecule has 2 aromatic heterocycles. The van der Waals surface area contributed by atoms with E-state index in [2.05, 4.69) is 36.2 Å². The van der Waals surface area contributed by atoms with Gasteiger partial charge in [0.05, 0.1) is 0 Å². The summed E-state index contributed by atoms with van der Waals surface area (Å²) >= 11 is 3.50. The summed E-state index contributed by atoms with van der Waals surface area (Å²) in [6.45, 7) is 0. The molecule has 1 N–H and O–H groups in total. The lowest BCUT2D eigenvalue weighted by Gasteiger charge is -2.09. The van der Waals surface area contributed by atoms with E-state index in [4.69, 9.17) is 0 Å². The van der Waals surface area contributed by atoms with Gasteiger partial charge in [-0.1, -0.05) is 0 Å². The van der Waals surface area contributed by atoms with Crippen molar-refractivity contribution in [3.8, 4) is 11.5 Å². The summed E-state index contributed by atoms with van der Waals surface area (Å²) in [5, 5.41) is 3.16. The van der Waals surface area contributed by atoms with Gasteiger partial charge in [-0.05, 0) is 47.3 Å². The molecule has 3 rings (SSSR count). The molecule has 0 aliphatic heterocycles. The lowest BCUT2D eigenvalue weighted by atomic mass is 10.2. The van der Waals surface area contributed by atoms with Crippen LogP contribution < -0.4 is 5.32 Å². The Balaban J connectivity index is 2.17. The first-order valence-corrected chi connectivity index (χ1v) is 6.77. The lowest BCUT2D eigenvalue weighted by Crippen LogP contribution is -2.04. The third-order valence-corrected chi connectivity index (χ3v) is 3.78. The monoisotopic (exact) mass is 304 g/mol. The highest BCUT2D eigenvalue weighted by Gasteiger charge is 2.20. The van der Waals surface area contributed by atoms with E-state index >= 15 is 0 Å². The standard InChI is InChI=1S/C13H13BrN4/c1-15-12-8-4-2-6-10(8)17-13(18-12)11-9(14)5-3-7-16-11/h3,5,7H,2,4,6H2,1H3,(H,15,17,18). The molecule has 0 atom stereocenters. The number of aryl methyl sites for hydroxylation is 1. The summed E-state index contributed by atoms with van der Waals surface area (Å²) in [5.41, 5.74) is 3.21. The number of aromatic nitrogens is 3. The Morgan fingerprint density at radius 3 is 2.94 bits per heavy atom. The number of nitrogens with one attached hydrogen (secondary N) is 1. The number of anilines is 1. The number of hydrogen-bond donors (Lipinski definition) is 1. The maximum absolute atomic E-state index is 4.65. The maximum Gasteiger partial charge on any atom is 0.181 e. The smallest absolute Gasteiger partial charge is 0.181 e. The van der Waals surface area contributed by atoms with Gasteiger partial charge in [-0.25, -0.2) is 9.97 Å². The van der Waals surface area contributed by atoms with Crippen LogP contribution in [0.1, 0.15) is 17.7 Å². The summed E-state index contributed by atoms with van der Waals surface area (Å²) < 4.78 is 0.921. The summed E-state index contributed by atoms with van der Waals surface area (Å²) in [7, 11) is 1.90. The van der Waals surface area contributed by atoms with Gasteiger partial charge in [-0.2, -0.15) is 0 Å². The molecule has 5 heteroatoms. The second-order valence-corrected chi connectivity index (χ2v) is 5.11. The molecular weight excluding hydrogens is 292 g/mol. The molecule has 0 fully saturated rings. The molecular formula is C13H13BrN4. The first-order chi connectivity index (χ1) is 8.79. The molecule has 0 amide bonds. The van der Waals surface area contributed by atoms with Crippen LogP contribution in [0.2, 0.25) is 0 Å². The van der Waals surface area contributed by atoms with Crippen molar-refractivity contribution >= 4 is 21.7 Å². The van der Waals surface area contributed by atoms with Crippen LogP contribution in [0.4, 0.5) is 5.82 Å². The number of hydrogen-bond acceptors (Lipinski definition) is 4. The molecule has 1 aliphatic carbocycles. The van der Waals surface area contributed by atoms with E-state index in [0.717, 1.165) is 40.9 Å². The zero-order valence-corrected chi connectivity index (χ0v) is 11.7. The van der Waals surface area contributed by atoms with Gasteiger partial charge in [-0.3, -0.25) is 4.98 Å². The molecule has 0 spiro atoms. The Hall–Kier alpha value is -1.49. The van der Waals surface area contributed by atoms with E-state index in [1.807, 2.05) is 19.2 Å². The Bertz CT molecular complexity index is 598. The average molecular weight is 305 g/mol. The lowest BCUT2D eigenvalue weighted by molar-refractivity contribution is 0.899. The second-order valence-electron chi connectivity index (χ2n) is 4.26. The van der Waals surface area contributed by atoms with Crippen LogP contribution in [0.3, 0.4) is 0 Å². The van der Waals surface area contributed by atoms with Crippen LogP contribution in [0, 0.1) is 0 Å². The average Bonchev–Trinajstić information content (AvgIpc) is 2.86. The van der Waals surface area contributed by atoms with Gasteiger partial charge >= 0.3 is 0 Å². The Kier molecular flexibility index (Phi) is 2.99. The van der Waals surface area contributed by atoms with Crippen molar-refractivity contribution in [2.24, 2.45) is 0 Å². The molecule has 0 saturated heterocycles. The minimum atomic E-state index is 0.687. The number of nitrogens with zero attached hydrogens (tertiary/aromatic N) is 3. The van der Waals surface area contributed by atoms with Crippen LogP contribution in [0.25, 0.3) is 11.5 Å². The first kappa shape index (κ1) is 11.6. The molecule has 2 heterocycles. The largest absolute Gasteiger partial charge is 0.373 e. The highest BCUT2D eigenvalue weighted by atomic mass is 79.9. The van der Waals surface area contributed by atoms with E-state index in [0.29, 0.717) is 5.82 Å². The van der Waals surface area contributed by atoms with Crippen molar-refractivity contribution < 1.29 is 0 Å². The minimum Gasteiger partial charge on any atom is -0.373 e. The highest BCUT2D eigenvalue weighted by Crippen LogP contribution is 2.30. The molecule has 1 aliphatic rings. The molecule has 0 bridgehead atoms. The van der Waals surface area contributed by atoms with E-state index < -0.39 is 0 Å². The third kappa shape index (κ3) is 1.88. The Labute approximate surface area is 114 Å². The van der Waals surface area contributed by atoms with Crippen molar-refractivity contribution in [1.29, 1.82) is 0 Å². The van der Waals surface area contributed by atoms with Crippen molar-refractivity contribution in [2.75, 3.05) is 12.4 Å². The highest BCUT2D eigenvalue weighted by molar-refractivity contribution is 9.10. The molecule has 4 nitrogen and oxygen atoms in total. The fourth-order valence-corrected chi connectivity index (χ4v) is 2.73. The van der Waals surface area contributed by atoms with Gasteiger partial charge in [-0.15, -0.1) is 0 Å². The Morgan fingerprint density at radius 2 is 2.17 bits per heavy atom. The van der Waals surface area contributed by atoms with Crippen LogP contribution in [0.5, 0.6) is 0 Å². The van der Waals surface area contributed by atoms with Gasteiger partial charge in [0, 0.05) is 29.0 Å². The van der Waals surface area contributed by atoms with Crippen molar-refractivity contribution in [3.63, 3.8) is 0 Å². The van der Waals surface area contributed by atoms with Crippen molar-refractivity contribution in [2.45, 2.75) is 19.3 Å². The summed E-state index contributed by atoms with van der Waals surface area (Å²) in [4.78, 5) is 13.6. The number of fused-ring (bicyclic) bond motifs is 1. The molecule has 0 unspecified atom stereocenters. The van der Waals surface area contributed by atoms with Crippen molar-refractivity contribution in [3.05, 3.63) is 34.1 Å². The van der Waals surface area contributed by atoms with Crippen LogP contribution >= 0.6 is 15.9 Å². The first-order valence-electron chi connectivity index (χ1n) is 5.98. The van der Waals surface area contributed by atoms with Crippen LogP contribution in [0.15, 0.2) is 22.8 Å². The summed E-state index contributed by atoms with van der Waals surface area (Å²) in [6, 6.07) is 3.85. The quantitative estimate of drug-likeness (QED) is 0.927. The zero-order valence-electron chi connectivity index (χ0n) is 10.1. The number of pyridine rings is 1. The fourth-order valence-electron chi connectivity index (χ4n) is 2.30. The number of halogens is 1. The van der Waals surface area contributed by atoms with Crippen LogP contribution in [-0.4, -0.2) is 22.0 Å². The molecule has 0 radical (unpaired) electrons. The molecule has 92 valence electrons. The molecule has 0 saturated carbocycles. The Morgan fingerprint density at radius 1 is 1.28 bits per heavy atom. The summed E-state index contributed by atoms with van der Waals surface area (Å²) in [6.07, 6.45) is 5.01. The predicted octanol–water partition coefficient (Wildman–Crippen LogP) is 2.83. The van der Waals surface area contributed by atoms with Crippen LogP contribution in [-0.2, 0) is 12.8 Å². The normalized spacial score (nSPS) is 13.4. The van der Waals surface area contributed by atoms with Gasteiger partial charge in [0.1, 0.15) is 11.5 Å². The van der Waals surface area contributed by atoms with E-state index in [1.165, 1.54) is 5.56 Å². The summed E-state index contributed by atoms with van der Waals surface area (Å²) in [5.74, 6) is 1.62.